The van der Waals surface area contributed by atoms with Crippen molar-refractivity contribution in [2.75, 3.05) is 32.1 Å². The number of likely N-dealkylation sites (tertiary alicyclic amines) is 1. The highest BCUT2D eigenvalue weighted by molar-refractivity contribution is 5.80. The van der Waals surface area contributed by atoms with Gasteiger partial charge in [-0.3, -0.25) is 9.69 Å². The maximum Gasteiger partial charge on any atom is 0.298 e. The van der Waals surface area contributed by atoms with Crippen LogP contribution in [0.3, 0.4) is 0 Å². The average molecular weight is 452 g/mol. The monoisotopic (exact) mass is 452 g/mol. The Kier molecular flexibility index (Phi) is 5.91. The third-order valence-corrected chi connectivity index (χ3v) is 6.03. The van der Waals surface area contributed by atoms with Crippen LogP contribution in [-0.4, -0.2) is 64.5 Å². The number of piperidine rings is 1. The second kappa shape index (κ2) is 9.14. The van der Waals surface area contributed by atoms with E-state index >= 15 is 0 Å². The molecule has 0 saturated carbocycles. The lowest BCUT2D eigenvalue weighted by atomic mass is 9.97. The number of halogens is 1. The van der Waals surface area contributed by atoms with Crippen molar-refractivity contribution in [2.24, 2.45) is 4.99 Å². The Hall–Kier alpha value is -3.53. The van der Waals surface area contributed by atoms with Crippen LogP contribution in [0.2, 0.25) is 0 Å². The molecule has 3 aliphatic rings. The van der Waals surface area contributed by atoms with Crippen LogP contribution in [0, 0.1) is 5.82 Å². The molecular weight excluding hydrogens is 427 g/mol. The van der Waals surface area contributed by atoms with E-state index < -0.39 is 0 Å². The normalized spacial score (nSPS) is 23.8. The molecule has 172 valence electrons. The molecule has 1 aromatic carbocycles. The Labute approximate surface area is 190 Å². The SMILES string of the molecule is COCC(=O)N1CCC[C@@H](Nc2nccc(C3C(c4ccc(F)cc4)N=C4OC=CN43)n2)C1. The second-order valence-corrected chi connectivity index (χ2v) is 8.22. The highest BCUT2D eigenvalue weighted by Gasteiger charge is 2.41. The van der Waals surface area contributed by atoms with Gasteiger partial charge in [-0.15, -0.1) is 0 Å². The highest BCUT2D eigenvalue weighted by Crippen LogP contribution is 2.43. The minimum absolute atomic E-state index is 0.0164. The molecule has 3 atom stereocenters. The minimum atomic E-state index is -0.301. The molecule has 1 fully saturated rings. The number of amides is 1. The van der Waals surface area contributed by atoms with Gasteiger partial charge in [-0.05, 0) is 36.6 Å². The largest absolute Gasteiger partial charge is 0.432 e. The van der Waals surface area contributed by atoms with E-state index in [1.807, 2.05) is 22.1 Å². The molecule has 3 aliphatic heterocycles. The number of benzene rings is 1. The van der Waals surface area contributed by atoms with Crippen molar-refractivity contribution in [1.29, 1.82) is 0 Å². The molecule has 5 rings (SSSR count). The summed E-state index contributed by atoms with van der Waals surface area (Å²) < 4.78 is 24.0. The van der Waals surface area contributed by atoms with Gasteiger partial charge < -0.3 is 19.7 Å². The van der Waals surface area contributed by atoms with Crippen molar-refractivity contribution in [3.63, 3.8) is 0 Å². The highest BCUT2D eigenvalue weighted by atomic mass is 19.1. The van der Waals surface area contributed by atoms with Crippen LogP contribution in [0.1, 0.15) is 36.2 Å². The van der Waals surface area contributed by atoms with Gasteiger partial charge in [-0.25, -0.2) is 19.4 Å². The van der Waals surface area contributed by atoms with Crippen LogP contribution in [0.5, 0.6) is 0 Å². The zero-order valence-electron chi connectivity index (χ0n) is 18.2. The number of methoxy groups -OCH3 is 1. The number of nitrogens with zero attached hydrogens (tertiary/aromatic N) is 5. The smallest absolute Gasteiger partial charge is 0.298 e. The van der Waals surface area contributed by atoms with Gasteiger partial charge >= 0.3 is 0 Å². The zero-order valence-corrected chi connectivity index (χ0v) is 18.2. The molecule has 0 bridgehead atoms. The maximum absolute atomic E-state index is 13.5. The van der Waals surface area contributed by atoms with Gasteiger partial charge in [0.05, 0.1) is 5.69 Å². The average Bonchev–Trinajstić information content (AvgIpc) is 3.41. The van der Waals surface area contributed by atoms with Gasteiger partial charge in [0.25, 0.3) is 6.02 Å². The second-order valence-electron chi connectivity index (χ2n) is 8.22. The van der Waals surface area contributed by atoms with Gasteiger partial charge in [0, 0.05) is 38.6 Å². The minimum Gasteiger partial charge on any atom is -0.432 e. The summed E-state index contributed by atoms with van der Waals surface area (Å²) in [6, 6.07) is 8.16. The molecule has 1 amide bonds. The topological polar surface area (TPSA) is 92.2 Å². The molecule has 1 aromatic heterocycles. The number of carbonyl (C=O) groups is 1. The molecule has 10 heteroatoms. The Morgan fingerprint density at radius 1 is 1.30 bits per heavy atom. The Morgan fingerprint density at radius 2 is 2.15 bits per heavy atom. The number of fused-ring (bicyclic) bond motifs is 1. The number of amidine groups is 1. The van der Waals surface area contributed by atoms with E-state index in [0.717, 1.165) is 30.6 Å². The van der Waals surface area contributed by atoms with E-state index in [0.29, 0.717) is 18.5 Å². The lowest BCUT2D eigenvalue weighted by Gasteiger charge is -2.33. The lowest BCUT2D eigenvalue weighted by Crippen LogP contribution is -2.46. The molecule has 0 spiro atoms. The van der Waals surface area contributed by atoms with Crippen molar-refractivity contribution >= 4 is 17.9 Å². The predicted octanol–water partition coefficient (Wildman–Crippen LogP) is 2.62. The first-order valence-electron chi connectivity index (χ1n) is 10.9. The standard InChI is InChI=1S/C23H25FN6O3/c1-32-14-19(31)29-10-2-3-17(13-29)26-22-25-9-8-18(27-22)21-20(15-4-6-16(24)7-5-15)28-23-30(21)11-12-33-23/h4-9,11-12,17,20-21H,2-3,10,13-14H2,1H3,(H,25,26,27)/t17-,20?,21?/m1/s1. The Balaban J connectivity index is 1.36. The summed E-state index contributed by atoms with van der Waals surface area (Å²) in [4.78, 5) is 29.8. The fraction of sp³-hybridized carbons (Fsp3) is 0.391. The zero-order chi connectivity index (χ0) is 22.8. The number of rotatable bonds is 6. The van der Waals surface area contributed by atoms with Gasteiger partial charge in [-0.2, -0.15) is 0 Å². The number of nitrogens with one attached hydrogen (secondary N) is 1. The van der Waals surface area contributed by atoms with Crippen LogP contribution in [0.15, 0.2) is 54.0 Å². The molecule has 2 aromatic rings. The third kappa shape index (κ3) is 4.38. The molecule has 9 nitrogen and oxygen atoms in total. The molecule has 0 aliphatic carbocycles. The number of ether oxygens (including phenoxy) is 2. The number of hydrogen-bond acceptors (Lipinski definition) is 8. The predicted molar refractivity (Wildman–Crippen MR) is 119 cm³/mol. The van der Waals surface area contributed by atoms with Crippen molar-refractivity contribution in [3.8, 4) is 0 Å². The van der Waals surface area contributed by atoms with E-state index in [9.17, 15) is 9.18 Å². The summed E-state index contributed by atoms with van der Waals surface area (Å²) in [5, 5.41) is 3.38. The summed E-state index contributed by atoms with van der Waals surface area (Å²) >= 11 is 0. The first-order chi connectivity index (χ1) is 16.1. The number of aliphatic imine (C=N–C) groups is 1. The van der Waals surface area contributed by atoms with Crippen molar-refractivity contribution in [1.82, 2.24) is 19.8 Å². The van der Waals surface area contributed by atoms with Crippen molar-refractivity contribution < 1.29 is 18.7 Å². The number of hydrogen-bond donors (Lipinski definition) is 1. The molecule has 0 radical (unpaired) electrons. The molecule has 2 unspecified atom stereocenters. The fourth-order valence-corrected chi connectivity index (χ4v) is 4.48. The van der Waals surface area contributed by atoms with Crippen LogP contribution >= 0.6 is 0 Å². The molecular formula is C23H25FN6O3. The Bertz CT molecular complexity index is 1080. The molecule has 1 saturated heterocycles. The Morgan fingerprint density at radius 3 is 2.97 bits per heavy atom. The molecule has 4 heterocycles. The van der Waals surface area contributed by atoms with E-state index in [2.05, 4.69) is 10.3 Å². The van der Waals surface area contributed by atoms with Gasteiger partial charge in [-0.1, -0.05) is 12.1 Å². The van der Waals surface area contributed by atoms with Gasteiger partial charge in [0.2, 0.25) is 11.9 Å². The summed E-state index contributed by atoms with van der Waals surface area (Å²) in [6.07, 6.45) is 6.93. The van der Waals surface area contributed by atoms with E-state index in [-0.39, 0.29) is 36.5 Å². The third-order valence-electron chi connectivity index (χ3n) is 6.03. The summed E-state index contributed by atoms with van der Waals surface area (Å²) in [6.45, 7) is 1.39. The first-order valence-corrected chi connectivity index (χ1v) is 10.9. The number of carbonyl (C=O) groups excluding carboxylic acids is 1. The van der Waals surface area contributed by atoms with E-state index in [4.69, 9.17) is 19.5 Å². The fourth-order valence-electron chi connectivity index (χ4n) is 4.48. The van der Waals surface area contributed by atoms with Crippen LogP contribution < -0.4 is 5.32 Å². The van der Waals surface area contributed by atoms with E-state index in [1.165, 1.54) is 19.2 Å². The molecule has 1 N–H and O–H groups in total. The van der Waals surface area contributed by atoms with Gasteiger partial charge in [0.1, 0.15) is 30.8 Å². The summed E-state index contributed by atoms with van der Waals surface area (Å²) in [7, 11) is 1.52. The van der Waals surface area contributed by atoms with Crippen molar-refractivity contribution in [2.45, 2.75) is 31.0 Å². The first kappa shape index (κ1) is 21.3. The van der Waals surface area contributed by atoms with Crippen LogP contribution in [0.25, 0.3) is 0 Å². The van der Waals surface area contributed by atoms with Crippen molar-refractivity contribution in [3.05, 3.63) is 66.1 Å². The summed E-state index contributed by atoms with van der Waals surface area (Å²) in [5.41, 5.74) is 1.63. The van der Waals surface area contributed by atoms with E-state index in [1.54, 1.807) is 24.6 Å². The quantitative estimate of drug-likeness (QED) is 0.720. The lowest BCUT2D eigenvalue weighted by molar-refractivity contribution is -0.136. The molecule has 33 heavy (non-hydrogen) atoms. The van der Waals surface area contributed by atoms with Crippen LogP contribution in [-0.2, 0) is 14.3 Å². The summed E-state index contributed by atoms with van der Waals surface area (Å²) in [5.74, 6) is 0.183. The van der Waals surface area contributed by atoms with Gasteiger partial charge in [0.15, 0.2) is 0 Å². The van der Waals surface area contributed by atoms with Crippen LogP contribution in [0.4, 0.5) is 10.3 Å². The maximum atomic E-state index is 13.5. The number of aromatic nitrogens is 2. The number of anilines is 1.